The maximum absolute atomic E-state index is 11.4. The van der Waals surface area contributed by atoms with Crippen molar-refractivity contribution in [2.75, 3.05) is 18.0 Å². The van der Waals surface area contributed by atoms with Gasteiger partial charge in [0.15, 0.2) is 0 Å². The van der Waals surface area contributed by atoms with Gasteiger partial charge in [-0.2, -0.15) is 0 Å². The van der Waals surface area contributed by atoms with Crippen LogP contribution in [0.2, 0.25) is 0 Å². The highest BCUT2D eigenvalue weighted by molar-refractivity contribution is 5.87. The van der Waals surface area contributed by atoms with Crippen molar-refractivity contribution in [2.24, 2.45) is 0 Å². The van der Waals surface area contributed by atoms with Crippen LogP contribution in [-0.2, 0) is 4.79 Å². The van der Waals surface area contributed by atoms with Crippen LogP contribution >= 0.6 is 0 Å². The van der Waals surface area contributed by atoms with Gasteiger partial charge in [0.1, 0.15) is 5.82 Å². The molecule has 1 aromatic carbocycles. The standard InChI is InChI=1S/C16H18N4O/c1-2-16(21)18-12-6-5-9-20(11-12)15-10-17-13-7-3-4-8-14(13)19-15/h2-4,7-8,10,12H,1,5-6,9,11H2,(H,18,21). The SMILES string of the molecule is C=CC(=O)NC1CCCN(c2cnc3ccccc3n2)C1. The van der Waals surface area contributed by atoms with Crippen LogP contribution in [0.4, 0.5) is 5.82 Å². The largest absolute Gasteiger partial charge is 0.353 e. The Morgan fingerprint density at radius 3 is 3.00 bits per heavy atom. The van der Waals surface area contributed by atoms with Crippen LogP contribution in [-0.4, -0.2) is 35.0 Å². The van der Waals surface area contributed by atoms with Gasteiger partial charge in [-0.3, -0.25) is 9.78 Å². The topological polar surface area (TPSA) is 58.1 Å². The summed E-state index contributed by atoms with van der Waals surface area (Å²) in [6.45, 7) is 5.18. The first-order chi connectivity index (χ1) is 10.3. The summed E-state index contributed by atoms with van der Waals surface area (Å²) in [6.07, 6.45) is 5.13. The Morgan fingerprint density at radius 2 is 2.19 bits per heavy atom. The number of nitrogens with one attached hydrogen (secondary N) is 1. The number of para-hydroxylation sites is 2. The molecule has 21 heavy (non-hydrogen) atoms. The summed E-state index contributed by atoms with van der Waals surface area (Å²) in [4.78, 5) is 22.7. The van der Waals surface area contributed by atoms with Crippen molar-refractivity contribution < 1.29 is 4.79 Å². The van der Waals surface area contributed by atoms with Gasteiger partial charge in [-0.1, -0.05) is 18.7 Å². The smallest absolute Gasteiger partial charge is 0.243 e. The van der Waals surface area contributed by atoms with Gasteiger partial charge >= 0.3 is 0 Å². The maximum atomic E-state index is 11.4. The van der Waals surface area contributed by atoms with Crippen molar-refractivity contribution in [1.29, 1.82) is 0 Å². The molecule has 0 aliphatic carbocycles. The Labute approximate surface area is 123 Å². The predicted molar refractivity (Wildman–Crippen MR) is 83.1 cm³/mol. The van der Waals surface area contributed by atoms with Crippen LogP contribution in [0.15, 0.2) is 43.1 Å². The van der Waals surface area contributed by atoms with E-state index in [-0.39, 0.29) is 11.9 Å². The monoisotopic (exact) mass is 282 g/mol. The third kappa shape index (κ3) is 3.02. The van der Waals surface area contributed by atoms with Gasteiger partial charge in [0.05, 0.1) is 17.2 Å². The second kappa shape index (κ2) is 5.91. The van der Waals surface area contributed by atoms with E-state index in [0.717, 1.165) is 42.8 Å². The summed E-state index contributed by atoms with van der Waals surface area (Å²) < 4.78 is 0. The molecule has 1 aromatic heterocycles. The fraction of sp³-hybridized carbons (Fsp3) is 0.312. The molecule has 3 rings (SSSR count). The number of rotatable bonds is 3. The molecule has 2 aromatic rings. The van der Waals surface area contributed by atoms with E-state index in [9.17, 15) is 4.79 Å². The quantitative estimate of drug-likeness (QED) is 0.874. The number of benzene rings is 1. The normalized spacial score (nSPS) is 18.5. The van der Waals surface area contributed by atoms with Gasteiger partial charge in [0.25, 0.3) is 0 Å². The highest BCUT2D eigenvalue weighted by Gasteiger charge is 2.22. The van der Waals surface area contributed by atoms with Crippen molar-refractivity contribution in [2.45, 2.75) is 18.9 Å². The molecule has 1 aliphatic rings. The van der Waals surface area contributed by atoms with E-state index >= 15 is 0 Å². The Bertz CT molecular complexity index is 670. The number of hydrogen-bond acceptors (Lipinski definition) is 4. The summed E-state index contributed by atoms with van der Waals surface area (Å²) >= 11 is 0. The number of anilines is 1. The van der Waals surface area contributed by atoms with Crippen molar-refractivity contribution in [3.63, 3.8) is 0 Å². The first kappa shape index (κ1) is 13.5. The third-order valence-corrected chi connectivity index (χ3v) is 3.71. The number of carbonyl (C=O) groups is 1. The lowest BCUT2D eigenvalue weighted by atomic mass is 10.1. The minimum absolute atomic E-state index is 0.119. The molecule has 0 spiro atoms. The molecular weight excluding hydrogens is 264 g/mol. The van der Waals surface area contributed by atoms with E-state index in [1.54, 1.807) is 6.20 Å². The first-order valence-electron chi connectivity index (χ1n) is 7.16. The molecule has 1 aliphatic heterocycles. The van der Waals surface area contributed by atoms with Crippen LogP contribution in [0.25, 0.3) is 11.0 Å². The van der Waals surface area contributed by atoms with E-state index in [4.69, 9.17) is 0 Å². The fourth-order valence-corrected chi connectivity index (χ4v) is 2.66. The molecule has 5 nitrogen and oxygen atoms in total. The molecule has 0 radical (unpaired) electrons. The maximum Gasteiger partial charge on any atom is 0.243 e. The molecule has 1 fully saturated rings. The van der Waals surface area contributed by atoms with E-state index in [1.807, 2.05) is 24.3 Å². The minimum atomic E-state index is -0.119. The molecule has 1 saturated heterocycles. The molecule has 1 N–H and O–H groups in total. The first-order valence-corrected chi connectivity index (χ1v) is 7.16. The summed E-state index contributed by atoms with van der Waals surface area (Å²) in [7, 11) is 0. The number of nitrogens with zero attached hydrogens (tertiary/aromatic N) is 3. The molecule has 1 unspecified atom stereocenters. The number of amides is 1. The summed E-state index contributed by atoms with van der Waals surface area (Å²) in [5.74, 6) is 0.748. The third-order valence-electron chi connectivity index (χ3n) is 3.71. The molecule has 2 heterocycles. The highest BCUT2D eigenvalue weighted by atomic mass is 16.1. The average molecular weight is 282 g/mol. The number of fused-ring (bicyclic) bond motifs is 1. The van der Waals surface area contributed by atoms with E-state index in [0.29, 0.717) is 0 Å². The lowest BCUT2D eigenvalue weighted by Crippen LogP contribution is -2.47. The van der Waals surface area contributed by atoms with Crippen molar-refractivity contribution in [1.82, 2.24) is 15.3 Å². The van der Waals surface area contributed by atoms with Crippen LogP contribution in [0.1, 0.15) is 12.8 Å². The van der Waals surface area contributed by atoms with Crippen molar-refractivity contribution in [3.8, 4) is 0 Å². The van der Waals surface area contributed by atoms with E-state index in [1.165, 1.54) is 6.08 Å². The summed E-state index contributed by atoms with van der Waals surface area (Å²) in [5, 5.41) is 2.96. The Morgan fingerprint density at radius 1 is 1.38 bits per heavy atom. The van der Waals surface area contributed by atoms with Gasteiger partial charge in [0, 0.05) is 19.1 Å². The van der Waals surface area contributed by atoms with Gasteiger partial charge in [-0.25, -0.2) is 4.98 Å². The zero-order valence-electron chi connectivity index (χ0n) is 11.8. The molecule has 108 valence electrons. The zero-order chi connectivity index (χ0) is 14.7. The van der Waals surface area contributed by atoms with Crippen molar-refractivity contribution in [3.05, 3.63) is 43.1 Å². The highest BCUT2D eigenvalue weighted by Crippen LogP contribution is 2.19. The fourth-order valence-electron chi connectivity index (χ4n) is 2.66. The minimum Gasteiger partial charge on any atom is -0.353 e. The lowest BCUT2D eigenvalue weighted by Gasteiger charge is -2.33. The van der Waals surface area contributed by atoms with Gasteiger partial charge in [-0.05, 0) is 31.1 Å². The van der Waals surface area contributed by atoms with Crippen molar-refractivity contribution >= 4 is 22.8 Å². The Hall–Kier alpha value is -2.43. The second-order valence-corrected chi connectivity index (χ2v) is 5.21. The van der Waals surface area contributed by atoms with Gasteiger partial charge in [0.2, 0.25) is 5.91 Å². The van der Waals surface area contributed by atoms with Crippen LogP contribution in [0, 0.1) is 0 Å². The molecule has 5 heteroatoms. The second-order valence-electron chi connectivity index (χ2n) is 5.21. The lowest BCUT2D eigenvalue weighted by molar-refractivity contribution is -0.117. The van der Waals surface area contributed by atoms with Crippen LogP contribution in [0.5, 0.6) is 0 Å². The molecule has 0 saturated carbocycles. The number of piperidine rings is 1. The summed E-state index contributed by atoms with van der Waals surface area (Å²) in [6, 6.07) is 7.97. The number of aromatic nitrogens is 2. The Balaban J connectivity index is 1.78. The molecule has 0 bridgehead atoms. The number of carbonyl (C=O) groups excluding carboxylic acids is 1. The van der Waals surface area contributed by atoms with E-state index in [2.05, 4.69) is 26.8 Å². The van der Waals surface area contributed by atoms with Crippen LogP contribution < -0.4 is 10.2 Å². The average Bonchev–Trinajstić information content (AvgIpc) is 2.54. The zero-order valence-corrected chi connectivity index (χ0v) is 11.8. The Kier molecular flexibility index (Phi) is 3.81. The molecule has 1 amide bonds. The van der Waals surface area contributed by atoms with Crippen LogP contribution in [0.3, 0.4) is 0 Å². The molecular formula is C16H18N4O. The predicted octanol–water partition coefficient (Wildman–Crippen LogP) is 1.90. The van der Waals surface area contributed by atoms with Gasteiger partial charge < -0.3 is 10.2 Å². The summed E-state index contributed by atoms with van der Waals surface area (Å²) in [5.41, 5.74) is 1.79. The van der Waals surface area contributed by atoms with E-state index < -0.39 is 0 Å². The van der Waals surface area contributed by atoms with Gasteiger partial charge in [-0.15, -0.1) is 0 Å². The number of hydrogen-bond donors (Lipinski definition) is 1. The molecule has 1 atom stereocenters.